The second-order valence-electron chi connectivity index (χ2n) is 6.14. The van der Waals surface area contributed by atoms with Crippen LogP contribution in [0.2, 0.25) is 0 Å². The number of nitrogens with one attached hydrogen (secondary N) is 2. The molecule has 0 atom stereocenters. The molecule has 0 saturated heterocycles. The lowest BCUT2D eigenvalue weighted by Crippen LogP contribution is -2.28. The SMILES string of the molecule is CCOc1ccc(OCC)c(NC(N)=NCCNC(=O)c2ccc(C)c(F)c2)c1.I. The Morgan fingerprint density at radius 3 is 2.53 bits per heavy atom. The number of nitrogens with zero attached hydrogens (tertiary/aromatic N) is 1. The molecule has 0 aromatic heterocycles. The molecule has 2 rings (SSSR count). The van der Waals surface area contributed by atoms with E-state index in [0.29, 0.717) is 36.0 Å². The third-order valence-electron chi connectivity index (χ3n) is 3.94. The number of amides is 1. The zero-order valence-corrected chi connectivity index (χ0v) is 19.7. The second kappa shape index (κ2) is 12.9. The van der Waals surface area contributed by atoms with Crippen molar-refractivity contribution >= 4 is 41.5 Å². The van der Waals surface area contributed by atoms with E-state index in [0.717, 1.165) is 0 Å². The fourth-order valence-electron chi connectivity index (χ4n) is 2.50. The van der Waals surface area contributed by atoms with Gasteiger partial charge in [0.25, 0.3) is 5.91 Å². The van der Waals surface area contributed by atoms with Crippen LogP contribution in [0.3, 0.4) is 0 Å². The van der Waals surface area contributed by atoms with Crippen molar-refractivity contribution in [3.63, 3.8) is 0 Å². The highest BCUT2D eigenvalue weighted by molar-refractivity contribution is 14.0. The number of carbonyl (C=O) groups is 1. The van der Waals surface area contributed by atoms with E-state index < -0.39 is 5.82 Å². The molecular formula is C21H28FIN4O3. The number of hydrogen-bond donors (Lipinski definition) is 3. The van der Waals surface area contributed by atoms with Crippen molar-refractivity contribution in [2.45, 2.75) is 20.8 Å². The van der Waals surface area contributed by atoms with Gasteiger partial charge in [-0.15, -0.1) is 24.0 Å². The van der Waals surface area contributed by atoms with Crippen LogP contribution in [-0.2, 0) is 0 Å². The number of aliphatic imine (C=N–C) groups is 1. The lowest BCUT2D eigenvalue weighted by atomic mass is 10.1. The van der Waals surface area contributed by atoms with E-state index in [9.17, 15) is 9.18 Å². The van der Waals surface area contributed by atoms with Gasteiger partial charge in [-0.1, -0.05) is 6.07 Å². The highest BCUT2D eigenvalue weighted by atomic mass is 127. The highest BCUT2D eigenvalue weighted by Gasteiger charge is 2.09. The van der Waals surface area contributed by atoms with Crippen molar-refractivity contribution in [3.05, 3.63) is 53.3 Å². The lowest BCUT2D eigenvalue weighted by Gasteiger charge is -2.14. The van der Waals surface area contributed by atoms with Gasteiger partial charge in [-0.3, -0.25) is 9.79 Å². The van der Waals surface area contributed by atoms with E-state index in [1.165, 1.54) is 6.07 Å². The van der Waals surface area contributed by atoms with Crippen LogP contribution in [0.5, 0.6) is 11.5 Å². The quantitative estimate of drug-likeness (QED) is 0.199. The van der Waals surface area contributed by atoms with Crippen molar-refractivity contribution in [3.8, 4) is 11.5 Å². The molecule has 0 bridgehead atoms. The van der Waals surface area contributed by atoms with Gasteiger partial charge in [0.15, 0.2) is 5.96 Å². The third kappa shape index (κ3) is 7.69. The molecule has 2 aromatic carbocycles. The number of halogens is 2. The number of carbonyl (C=O) groups excluding carboxylic acids is 1. The van der Waals surface area contributed by atoms with Crippen LogP contribution < -0.4 is 25.8 Å². The number of ether oxygens (including phenoxy) is 2. The van der Waals surface area contributed by atoms with Gasteiger partial charge >= 0.3 is 0 Å². The number of aryl methyl sites for hydroxylation is 1. The standard InChI is InChI=1S/C21H27FN4O3.HI/c1-4-28-16-8-9-19(29-5-2)18(13-16)26-21(23)25-11-10-24-20(27)15-7-6-14(3)17(22)12-15;/h6-9,12-13H,4-5,10-11H2,1-3H3,(H,24,27)(H3,23,25,26);1H. The summed E-state index contributed by atoms with van der Waals surface area (Å²) >= 11 is 0. The van der Waals surface area contributed by atoms with Crippen LogP contribution in [0.15, 0.2) is 41.4 Å². The number of nitrogens with two attached hydrogens (primary N) is 1. The zero-order valence-electron chi connectivity index (χ0n) is 17.3. The molecule has 0 radical (unpaired) electrons. The minimum atomic E-state index is -0.413. The molecule has 4 N–H and O–H groups in total. The molecule has 9 heteroatoms. The summed E-state index contributed by atoms with van der Waals surface area (Å²) in [4.78, 5) is 16.2. The summed E-state index contributed by atoms with van der Waals surface area (Å²) < 4.78 is 24.6. The molecule has 0 heterocycles. The molecule has 0 unspecified atom stereocenters. The van der Waals surface area contributed by atoms with E-state index >= 15 is 0 Å². The Kier molecular flexibility index (Phi) is 10.9. The Balaban J connectivity index is 0.00000450. The Morgan fingerprint density at radius 2 is 1.87 bits per heavy atom. The molecule has 0 aliphatic rings. The zero-order chi connectivity index (χ0) is 21.2. The molecule has 0 spiro atoms. The molecule has 0 aliphatic carbocycles. The maximum absolute atomic E-state index is 13.6. The summed E-state index contributed by atoms with van der Waals surface area (Å²) in [6.07, 6.45) is 0. The summed E-state index contributed by atoms with van der Waals surface area (Å²) in [5.41, 5.74) is 7.33. The summed E-state index contributed by atoms with van der Waals surface area (Å²) in [6.45, 7) is 7.00. The van der Waals surface area contributed by atoms with E-state index in [-0.39, 0.29) is 54.5 Å². The van der Waals surface area contributed by atoms with Crippen LogP contribution in [0.4, 0.5) is 10.1 Å². The van der Waals surface area contributed by atoms with Gasteiger partial charge in [-0.05, 0) is 50.6 Å². The van der Waals surface area contributed by atoms with E-state index in [1.807, 2.05) is 19.9 Å². The highest BCUT2D eigenvalue weighted by Crippen LogP contribution is 2.29. The predicted octanol–water partition coefficient (Wildman–Crippen LogP) is 3.71. The summed E-state index contributed by atoms with van der Waals surface area (Å²) in [5, 5.41) is 5.67. The minimum absolute atomic E-state index is 0. The number of rotatable bonds is 9. The molecular weight excluding hydrogens is 502 g/mol. The van der Waals surface area contributed by atoms with Crippen LogP contribution in [-0.4, -0.2) is 38.2 Å². The average Bonchev–Trinajstić information content (AvgIpc) is 2.69. The Hall–Kier alpha value is -2.56. The Labute approximate surface area is 193 Å². The van der Waals surface area contributed by atoms with Crippen LogP contribution in [0.25, 0.3) is 0 Å². The monoisotopic (exact) mass is 530 g/mol. The van der Waals surface area contributed by atoms with Gasteiger partial charge < -0.3 is 25.8 Å². The molecule has 164 valence electrons. The fourth-order valence-corrected chi connectivity index (χ4v) is 2.50. The molecule has 30 heavy (non-hydrogen) atoms. The molecule has 2 aromatic rings. The molecule has 0 fully saturated rings. The number of guanidine groups is 1. The third-order valence-corrected chi connectivity index (χ3v) is 3.94. The van der Waals surface area contributed by atoms with E-state index in [2.05, 4.69) is 15.6 Å². The maximum atomic E-state index is 13.6. The first-order valence-electron chi connectivity index (χ1n) is 9.45. The molecule has 0 aliphatic heterocycles. The molecule has 0 saturated carbocycles. The van der Waals surface area contributed by atoms with E-state index in [1.54, 1.807) is 31.2 Å². The van der Waals surface area contributed by atoms with Gasteiger partial charge in [-0.2, -0.15) is 0 Å². The van der Waals surface area contributed by atoms with Crippen LogP contribution in [0, 0.1) is 12.7 Å². The van der Waals surface area contributed by atoms with Crippen molar-refractivity contribution in [2.24, 2.45) is 10.7 Å². The molecule has 7 nitrogen and oxygen atoms in total. The first-order valence-corrected chi connectivity index (χ1v) is 9.45. The fraction of sp³-hybridized carbons (Fsp3) is 0.333. The summed E-state index contributed by atoms with van der Waals surface area (Å²) in [5.74, 6) is 0.708. The summed E-state index contributed by atoms with van der Waals surface area (Å²) in [7, 11) is 0. The van der Waals surface area contributed by atoms with Gasteiger partial charge in [0.05, 0.1) is 25.4 Å². The van der Waals surface area contributed by atoms with Gasteiger partial charge in [0.1, 0.15) is 17.3 Å². The predicted molar refractivity (Wildman–Crippen MR) is 128 cm³/mol. The average molecular weight is 530 g/mol. The maximum Gasteiger partial charge on any atom is 0.251 e. The lowest BCUT2D eigenvalue weighted by molar-refractivity contribution is 0.0954. The minimum Gasteiger partial charge on any atom is -0.494 e. The van der Waals surface area contributed by atoms with E-state index in [4.69, 9.17) is 15.2 Å². The van der Waals surface area contributed by atoms with Gasteiger partial charge in [0, 0.05) is 18.2 Å². The molecule has 1 amide bonds. The van der Waals surface area contributed by atoms with Crippen molar-refractivity contribution in [1.29, 1.82) is 0 Å². The first-order chi connectivity index (χ1) is 13.9. The van der Waals surface area contributed by atoms with Crippen LogP contribution >= 0.6 is 24.0 Å². The largest absolute Gasteiger partial charge is 0.494 e. The second-order valence-corrected chi connectivity index (χ2v) is 6.14. The topological polar surface area (TPSA) is 98.0 Å². The smallest absolute Gasteiger partial charge is 0.251 e. The van der Waals surface area contributed by atoms with Gasteiger partial charge in [-0.25, -0.2) is 4.39 Å². The van der Waals surface area contributed by atoms with Crippen molar-refractivity contribution in [2.75, 3.05) is 31.6 Å². The number of hydrogen-bond acceptors (Lipinski definition) is 4. The van der Waals surface area contributed by atoms with Gasteiger partial charge in [0.2, 0.25) is 0 Å². The number of anilines is 1. The number of benzene rings is 2. The Morgan fingerprint density at radius 1 is 1.13 bits per heavy atom. The Bertz CT molecular complexity index is 877. The van der Waals surface area contributed by atoms with Crippen LogP contribution in [0.1, 0.15) is 29.8 Å². The van der Waals surface area contributed by atoms with Crippen molar-refractivity contribution in [1.82, 2.24) is 5.32 Å². The first kappa shape index (κ1) is 25.5. The summed E-state index contributed by atoms with van der Waals surface area (Å²) in [6, 6.07) is 9.75. The van der Waals surface area contributed by atoms with Crippen molar-refractivity contribution < 1.29 is 18.7 Å². The normalized spacial score (nSPS) is 10.7.